The summed E-state index contributed by atoms with van der Waals surface area (Å²) in [6, 6.07) is 2.69. The normalized spacial score (nSPS) is 14.6. The number of hydrogen-bond acceptors (Lipinski definition) is 8. The van der Waals surface area contributed by atoms with E-state index in [0.717, 1.165) is 0 Å². The first-order valence-corrected chi connectivity index (χ1v) is 11.7. The van der Waals surface area contributed by atoms with Gasteiger partial charge in [-0.2, -0.15) is 0 Å². The van der Waals surface area contributed by atoms with Crippen molar-refractivity contribution in [3.63, 3.8) is 0 Å². The van der Waals surface area contributed by atoms with Crippen LogP contribution in [-0.2, 0) is 30.4 Å². The highest BCUT2D eigenvalue weighted by Crippen LogP contribution is 2.07. The lowest BCUT2D eigenvalue weighted by Gasteiger charge is -2.25. The Labute approximate surface area is 218 Å². The number of hydrogen-bond donors (Lipinski definition) is 9. The molecular formula is C23H35N7O8. The molecule has 15 heteroatoms. The first-order valence-electron chi connectivity index (χ1n) is 11.7. The summed E-state index contributed by atoms with van der Waals surface area (Å²) < 4.78 is 0. The molecule has 3 amide bonds. The fourth-order valence-corrected chi connectivity index (χ4v) is 3.29. The zero-order valence-corrected chi connectivity index (χ0v) is 20.9. The van der Waals surface area contributed by atoms with Crippen LogP contribution in [0.15, 0.2) is 35.3 Å². The van der Waals surface area contributed by atoms with E-state index in [4.69, 9.17) is 17.2 Å². The van der Waals surface area contributed by atoms with Crippen LogP contribution in [0.1, 0.15) is 31.7 Å². The average molecular weight is 538 g/mol. The van der Waals surface area contributed by atoms with E-state index >= 15 is 0 Å². The summed E-state index contributed by atoms with van der Waals surface area (Å²) in [5.41, 5.74) is 16.9. The van der Waals surface area contributed by atoms with Crippen LogP contribution in [0.2, 0.25) is 0 Å². The molecule has 0 bridgehead atoms. The Balaban J connectivity index is 3.04. The summed E-state index contributed by atoms with van der Waals surface area (Å²) in [4.78, 5) is 65.0. The van der Waals surface area contributed by atoms with Gasteiger partial charge in [0.05, 0.1) is 18.6 Å². The third-order valence-corrected chi connectivity index (χ3v) is 5.28. The number of aliphatic hydroxyl groups is 1. The van der Waals surface area contributed by atoms with Crippen LogP contribution in [0.3, 0.4) is 0 Å². The van der Waals surface area contributed by atoms with Gasteiger partial charge in [0, 0.05) is 13.0 Å². The maximum atomic E-state index is 13.0. The smallest absolute Gasteiger partial charge is 0.328 e. The topological polar surface area (TPSA) is 273 Å². The number of nitrogens with two attached hydrogens (primary N) is 3. The van der Waals surface area contributed by atoms with Crippen LogP contribution < -0.4 is 33.2 Å². The van der Waals surface area contributed by atoms with Gasteiger partial charge in [0.25, 0.3) is 0 Å². The number of aliphatic carboxylic acids is 2. The summed E-state index contributed by atoms with van der Waals surface area (Å²) in [6.45, 7) is 1.38. The molecule has 0 radical (unpaired) electrons. The van der Waals surface area contributed by atoms with Gasteiger partial charge in [-0.25, -0.2) is 4.79 Å². The fourth-order valence-electron chi connectivity index (χ4n) is 3.29. The van der Waals surface area contributed by atoms with Crippen LogP contribution >= 0.6 is 0 Å². The third-order valence-electron chi connectivity index (χ3n) is 5.28. The Kier molecular flexibility index (Phi) is 13.2. The molecule has 0 aromatic heterocycles. The van der Waals surface area contributed by atoms with E-state index in [1.165, 1.54) is 6.92 Å². The maximum absolute atomic E-state index is 13.0. The number of carbonyl (C=O) groups excluding carboxylic acids is 3. The molecule has 0 aliphatic rings. The Morgan fingerprint density at radius 3 is 2.03 bits per heavy atom. The van der Waals surface area contributed by atoms with Gasteiger partial charge >= 0.3 is 11.9 Å². The van der Waals surface area contributed by atoms with E-state index in [9.17, 15) is 39.3 Å². The summed E-state index contributed by atoms with van der Waals surface area (Å²) in [7, 11) is 0. The van der Waals surface area contributed by atoms with E-state index in [2.05, 4.69) is 20.9 Å². The minimum atomic E-state index is -1.66. The van der Waals surface area contributed by atoms with Gasteiger partial charge in [0.15, 0.2) is 12.0 Å². The number of benzene rings is 1. The van der Waals surface area contributed by atoms with Gasteiger partial charge in [-0.15, -0.1) is 0 Å². The van der Waals surface area contributed by atoms with Crippen LogP contribution in [0, 0.1) is 0 Å². The van der Waals surface area contributed by atoms with E-state index in [1.807, 2.05) is 0 Å². The van der Waals surface area contributed by atoms with Crippen molar-refractivity contribution in [2.24, 2.45) is 22.2 Å². The Morgan fingerprint density at radius 2 is 1.50 bits per heavy atom. The number of carbonyl (C=O) groups is 5. The quantitative estimate of drug-likeness (QED) is 0.0582. The lowest BCUT2D eigenvalue weighted by Crippen LogP contribution is -2.59. The van der Waals surface area contributed by atoms with E-state index < -0.39 is 66.4 Å². The molecule has 0 spiro atoms. The van der Waals surface area contributed by atoms with E-state index in [-0.39, 0.29) is 25.3 Å². The number of amides is 3. The predicted octanol–water partition coefficient (Wildman–Crippen LogP) is -3.00. The molecule has 1 aromatic rings. The largest absolute Gasteiger partial charge is 0.481 e. The molecule has 0 heterocycles. The number of aliphatic imine (C=N–C) groups is 1. The Hall–Kier alpha value is -4.24. The molecule has 38 heavy (non-hydrogen) atoms. The fraction of sp³-hybridized carbons (Fsp3) is 0.478. The SMILES string of the molecule is CC(O)C(NC(=O)C(Cc1ccccc1)NC(=O)C(CC(=O)O)NC(=O)C(N)CCCN=C(N)N)C(=O)O. The van der Waals surface area contributed by atoms with Crippen molar-refractivity contribution in [1.82, 2.24) is 16.0 Å². The number of guanidine groups is 1. The first-order chi connectivity index (χ1) is 17.8. The standard InChI is InChI=1S/C23H35N7O8/c1-12(31)18(22(37)38)30-21(36)15(10-13-6-3-2-4-7-13)29-20(35)16(11-17(32)33)28-19(34)14(24)8-5-9-27-23(25)26/h2-4,6-7,12,14-16,18,31H,5,8-11,24H2,1H3,(H,28,34)(H,29,35)(H,30,36)(H,32,33)(H,37,38)(H4,25,26,27). The number of nitrogens with zero attached hydrogens (tertiary/aromatic N) is 1. The predicted molar refractivity (Wildman–Crippen MR) is 135 cm³/mol. The van der Waals surface area contributed by atoms with Crippen molar-refractivity contribution < 1.29 is 39.3 Å². The molecule has 210 valence electrons. The highest BCUT2D eigenvalue weighted by Gasteiger charge is 2.32. The summed E-state index contributed by atoms with van der Waals surface area (Å²) in [5.74, 6) is -5.78. The van der Waals surface area contributed by atoms with Crippen LogP contribution in [0.4, 0.5) is 0 Å². The minimum absolute atomic E-state index is 0.0946. The Bertz CT molecular complexity index is 999. The first kappa shape index (κ1) is 31.8. The average Bonchev–Trinajstić information content (AvgIpc) is 2.83. The molecule has 5 atom stereocenters. The molecule has 5 unspecified atom stereocenters. The molecule has 1 aromatic carbocycles. The van der Waals surface area contributed by atoms with E-state index in [1.54, 1.807) is 30.3 Å². The molecule has 0 fully saturated rings. The van der Waals surface area contributed by atoms with Crippen molar-refractivity contribution in [2.45, 2.75) is 62.9 Å². The van der Waals surface area contributed by atoms with Gasteiger partial charge in [-0.3, -0.25) is 24.2 Å². The molecule has 1 rings (SSSR count). The highest BCUT2D eigenvalue weighted by molar-refractivity contribution is 5.95. The number of nitrogens with one attached hydrogen (secondary N) is 3. The second-order valence-electron chi connectivity index (χ2n) is 8.53. The van der Waals surface area contributed by atoms with Gasteiger partial charge < -0.3 is 48.5 Å². The molecule has 15 nitrogen and oxygen atoms in total. The van der Waals surface area contributed by atoms with Crippen molar-refractivity contribution in [3.8, 4) is 0 Å². The molecule has 12 N–H and O–H groups in total. The highest BCUT2D eigenvalue weighted by atomic mass is 16.4. The molecule has 0 saturated heterocycles. The van der Waals surface area contributed by atoms with Crippen molar-refractivity contribution >= 4 is 35.6 Å². The van der Waals surface area contributed by atoms with Gasteiger partial charge in [0.2, 0.25) is 17.7 Å². The lowest BCUT2D eigenvalue weighted by atomic mass is 10.0. The molecule has 0 aliphatic carbocycles. The number of rotatable bonds is 16. The molecule has 0 aliphatic heterocycles. The van der Waals surface area contributed by atoms with Crippen molar-refractivity contribution in [3.05, 3.63) is 35.9 Å². The second-order valence-corrected chi connectivity index (χ2v) is 8.53. The second kappa shape index (κ2) is 15.8. The zero-order valence-electron chi connectivity index (χ0n) is 20.9. The van der Waals surface area contributed by atoms with Gasteiger partial charge in [-0.05, 0) is 25.3 Å². The number of carboxylic acid groups (broad SMARTS) is 2. The summed E-state index contributed by atoms with van der Waals surface area (Å²) in [5, 5.41) is 35.0. The Morgan fingerprint density at radius 1 is 0.921 bits per heavy atom. The van der Waals surface area contributed by atoms with Gasteiger partial charge in [0.1, 0.15) is 12.1 Å². The van der Waals surface area contributed by atoms with Crippen LogP contribution in [-0.4, -0.2) is 87.8 Å². The summed E-state index contributed by atoms with van der Waals surface area (Å²) in [6.07, 6.45) is -1.88. The summed E-state index contributed by atoms with van der Waals surface area (Å²) >= 11 is 0. The number of carboxylic acids is 2. The van der Waals surface area contributed by atoms with Crippen molar-refractivity contribution in [2.75, 3.05) is 6.54 Å². The van der Waals surface area contributed by atoms with Crippen molar-refractivity contribution in [1.29, 1.82) is 0 Å². The van der Waals surface area contributed by atoms with Gasteiger partial charge in [-0.1, -0.05) is 30.3 Å². The molecular weight excluding hydrogens is 502 g/mol. The third kappa shape index (κ3) is 11.7. The molecule has 0 saturated carbocycles. The zero-order chi connectivity index (χ0) is 28.8. The monoisotopic (exact) mass is 537 g/mol. The minimum Gasteiger partial charge on any atom is -0.481 e. The van der Waals surface area contributed by atoms with Crippen LogP contribution in [0.25, 0.3) is 0 Å². The van der Waals surface area contributed by atoms with Crippen LogP contribution in [0.5, 0.6) is 0 Å². The maximum Gasteiger partial charge on any atom is 0.328 e. The number of aliphatic hydroxyl groups excluding tert-OH is 1. The lowest BCUT2D eigenvalue weighted by molar-refractivity contribution is -0.145. The van der Waals surface area contributed by atoms with E-state index in [0.29, 0.717) is 12.0 Å².